The number of alkyl halides is 2. The molecule has 0 aliphatic heterocycles. The summed E-state index contributed by atoms with van der Waals surface area (Å²) >= 11 is 1.57. The number of hydrogen-bond donors (Lipinski definition) is 0. The van der Waals surface area contributed by atoms with Crippen LogP contribution in [-0.4, -0.2) is 34.8 Å². The quantitative estimate of drug-likeness (QED) is 0.643. The van der Waals surface area contributed by atoms with Crippen LogP contribution in [0.5, 0.6) is 5.75 Å². The van der Waals surface area contributed by atoms with Crippen LogP contribution in [0.1, 0.15) is 29.1 Å². The summed E-state index contributed by atoms with van der Waals surface area (Å²) in [6.07, 6.45) is 2.06. The predicted molar refractivity (Wildman–Crippen MR) is 97.4 cm³/mol. The van der Waals surface area contributed by atoms with Crippen molar-refractivity contribution in [1.82, 2.24) is 9.88 Å². The maximum atomic E-state index is 12.6. The van der Waals surface area contributed by atoms with Gasteiger partial charge in [0.15, 0.2) is 0 Å². The minimum absolute atomic E-state index is 0.0441. The van der Waals surface area contributed by atoms with Crippen molar-refractivity contribution in [1.29, 1.82) is 0 Å². The minimum atomic E-state index is -2.51. The van der Waals surface area contributed by atoms with Crippen molar-refractivity contribution < 1.29 is 18.3 Å². The normalized spacial score (nSPS) is 14.2. The number of halogens is 2. The number of hydrogen-bond acceptors (Lipinski definition) is 4. The molecule has 3 rings (SSSR count). The molecule has 1 saturated carbocycles. The fraction of sp³-hybridized carbons (Fsp3) is 0.368. The minimum Gasteiger partial charge on any atom is -0.487 e. The molecule has 0 bridgehead atoms. The van der Waals surface area contributed by atoms with E-state index in [1.54, 1.807) is 23.5 Å². The molecule has 1 fully saturated rings. The van der Waals surface area contributed by atoms with Crippen LogP contribution in [0.3, 0.4) is 0 Å². The van der Waals surface area contributed by atoms with Crippen molar-refractivity contribution in [3.8, 4) is 5.75 Å². The van der Waals surface area contributed by atoms with Crippen molar-refractivity contribution in [2.24, 2.45) is 0 Å². The number of nitrogens with zero attached hydrogens (tertiary/aromatic N) is 2. The fourth-order valence-electron chi connectivity index (χ4n) is 2.56. The van der Waals surface area contributed by atoms with E-state index in [-0.39, 0.29) is 11.9 Å². The molecular weight excluding hydrogens is 358 g/mol. The third-order valence-electron chi connectivity index (χ3n) is 3.94. The first kappa shape index (κ1) is 18.5. The molecule has 7 heteroatoms. The van der Waals surface area contributed by atoms with E-state index in [0.717, 1.165) is 29.1 Å². The standard InChI is InChI=1S/C19H20F2N2O2S/c1-13-22-15(12-26-13)11-25-17-4-2-3-14(9-17)5-8-19(24)23(10-18(20)21)16-6-7-16/h2-5,8-9,12,16,18H,6-7,10-11H2,1H3/b8-5+. The largest absolute Gasteiger partial charge is 0.487 e. The first-order valence-corrected chi connectivity index (χ1v) is 9.30. The Labute approximate surface area is 155 Å². The molecule has 0 atom stereocenters. The summed E-state index contributed by atoms with van der Waals surface area (Å²) in [4.78, 5) is 17.8. The third-order valence-corrected chi connectivity index (χ3v) is 4.76. The van der Waals surface area contributed by atoms with Gasteiger partial charge in [-0.2, -0.15) is 0 Å². The first-order chi connectivity index (χ1) is 12.5. The highest BCUT2D eigenvalue weighted by molar-refractivity contribution is 7.09. The van der Waals surface area contributed by atoms with Crippen LogP contribution in [0, 0.1) is 6.92 Å². The Kier molecular flexibility index (Phi) is 5.98. The smallest absolute Gasteiger partial charge is 0.255 e. The molecule has 0 saturated heterocycles. The average molecular weight is 378 g/mol. The second kappa shape index (κ2) is 8.40. The topological polar surface area (TPSA) is 42.4 Å². The molecule has 1 aromatic carbocycles. The molecule has 1 aliphatic carbocycles. The van der Waals surface area contributed by atoms with Gasteiger partial charge in [-0.25, -0.2) is 13.8 Å². The van der Waals surface area contributed by atoms with E-state index in [2.05, 4.69) is 4.98 Å². The summed E-state index contributed by atoms with van der Waals surface area (Å²) in [7, 11) is 0. The third kappa shape index (κ3) is 5.36. The summed E-state index contributed by atoms with van der Waals surface area (Å²) in [5, 5.41) is 2.94. The lowest BCUT2D eigenvalue weighted by molar-refractivity contribution is -0.128. The molecule has 0 spiro atoms. The zero-order valence-corrected chi connectivity index (χ0v) is 15.2. The van der Waals surface area contributed by atoms with Gasteiger partial charge in [0.05, 0.1) is 17.2 Å². The Balaban J connectivity index is 1.60. The summed E-state index contributed by atoms with van der Waals surface area (Å²) < 4.78 is 31.0. The molecule has 1 heterocycles. The van der Waals surface area contributed by atoms with E-state index in [9.17, 15) is 13.6 Å². The van der Waals surface area contributed by atoms with Crippen molar-refractivity contribution >= 4 is 23.3 Å². The Morgan fingerprint density at radius 2 is 2.27 bits per heavy atom. The highest BCUT2D eigenvalue weighted by Gasteiger charge is 2.33. The van der Waals surface area contributed by atoms with Crippen LogP contribution < -0.4 is 4.74 Å². The molecule has 0 N–H and O–H groups in total. The van der Waals surface area contributed by atoms with Gasteiger partial charge in [0, 0.05) is 17.5 Å². The molecule has 4 nitrogen and oxygen atoms in total. The van der Waals surface area contributed by atoms with E-state index >= 15 is 0 Å². The highest BCUT2D eigenvalue weighted by Crippen LogP contribution is 2.28. The Morgan fingerprint density at radius 1 is 1.46 bits per heavy atom. The summed E-state index contributed by atoms with van der Waals surface area (Å²) in [6, 6.07) is 7.24. The van der Waals surface area contributed by atoms with Gasteiger partial charge in [-0.1, -0.05) is 12.1 Å². The number of aryl methyl sites for hydroxylation is 1. The van der Waals surface area contributed by atoms with Gasteiger partial charge in [-0.15, -0.1) is 11.3 Å². The van der Waals surface area contributed by atoms with E-state index < -0.39 is 13.0 Å². The Bertz CT molecular complexity index is 787. The van der Waals surface area contributed by atoms with Crippen LogP contribution >= 0.6 is 11.3 Å². The lowest BCUT2D eigenvalue weighted by Crippen LogP contribution is -2.35. The molecule has 26 heavy (non-hydrogen) atoms. The summed E-state index contributed by atoms with van der Waals surface area (Å²) in [5.74, 6) is 0.286. The SMILES string of the molecule is Cc1nc(COc2cccc(/C=C/C(=O)N(CC(F)F)C3CC3)c2)cs1. The lowest BCUT2D eigenvalue weighted by Gasteiger charge is -2.20. The van der Waals surface area contributed by atoms with E-state index in [0.29, 0.717) is 12.4 Å². The molecular formula is C19H20F2N2O2S. The van der Waals surface area contributed by atoms with Crippen LogP contribution in [0.4, 0.5) is 8.78 Å². The van der Waals surface area contributed by atoms with Crippen molar-refractivity contribution in [3.63, 3.8) is 0 Å². The van der Waals surface area contributed by atoms with Gasteiger partial charge < -0.3 is 9.64 Å². The molecule has 0 unspecified atom stereocenters. The number of carbonyl (C=O) groups excluding carboxylic acids is 1. The fourth-order valence-corrected chi connectivity index (χ4v) is 3.15. The second-order valence-electron chi connectivity index (χ2n) is 6.17. The maximum absolute atomic E-state index is 12.6. The van der Waals surface area contributed by atoms with Gasteiger partial charge in [-0.05, 0) is 43.5 Å². The number of benzene rings is 1. The van der Waals surface area contributed by atoms with Crippen LogP contribution in [0.2, 0.25) is 0 Å². The number of rotatable bonds is 8. The monoisotopic (exact) mass is 378 g/mol. The summed E-state index contributed by atoms with van der Waals surface area (Å²) in [5.41, 5.74) is 1.65. The van der Waals surface area contributed by atoms with Crippen LogP contribution in [0.15, 0.2) is 35.7 Å². The van der Waals surface area contributed by atoms with E-state index in [4.69, 9.17) is 4.74 Å². The molecule has 1 amide bonds. The van der Waals surface area contributed by atoms with E-state index in [1.807, 2.05) is 30.5 Å². The number of aromatic nitrogens is 1. The molecule has 0 radical (unpaired) electrons. The van der Waals surface area contributed by atoms with Gasteiger partial charge in [0.1, 0.15) is 12.4 Å². The number of carbonyl (C=O) groups is 1. The molecule has 2 aromatic rings. The number of thiazole rings is 1. The zero-order valence-electron chi connectivity index (χ0n) is 14.4. The van der Waals surface area contributed by atoms with Gasteiger partial charge >= 0.3 is 0 Å². The van der Waals surface area contributed by atoms with E-state index in [1.165, 1.54) is 11.0 Å². The maximum Gasteiger partial charge on any atom is 0.255 e. The van der Waals surface area contributed by atoms with Crippen molar-refractivity contribution in [2.75, 3.05) is 6.54 Å². The van der Waals surface area contributed by atoms with Crippen LogP contribution in [0.25, 0.3) is 6.08 Å². The highest BCUT2D eigenvalue weighted by atomic mass is 32.1. The van der Waals surface area contributed by atoms with Gasteiger partial charge in [0.2, 0.25) is 5.91 Å². The van der Waals surface area contributed by atoms with Crippen molar-refractivity contribution in [3.05, 3.63) is 52.0 Å². The first-order valence-electron chi connectivity index (χ1n) is 8.42. The summed E-state index contributed by atoms with van der Waals surface area (Å²) in [6.45, 7) is 1.81. The molecule has 1 aliphatic rings. The number of amides is 1. The van der Waals surface area contributed by atoms with Gasteiger partial charge in [0.25, 0.3) is 6.43 Å². The Hall–Kier alpha value is -2.28. The Morgan fingerprint density at radius 3 is 2.92 bits per heavy atom. The van der Waals surface area contributed by atoms with Crippen LogP contribution in [-0.2, 0) is 11.4 Å². The molecule has 1 aromatic heterocycles. The zero-order chi connectivity index (χ0) is 18.5. The lowest BCUT2D eigenvalue weighted by atomic mass is 10.2. The molecule has 138 valence electrons. The predicted octanol–water partition coefficient (Wildman–Crippen LogP) is 4.30. The van der Waals surface area contributed by atoms with Crippen molar-refractivity contribution in [2.45, 2.75) is 38.8 Å². The average Bonchev–Trinajstić information content (AvgIpc) is 3.37. The van der Waals surface area contributed by atoms with Gasteiger partial charge in [-0.3, -0.25) is 4.79 Å². The second-order valence-corrected chi connectivity index (χ2v) is 7.23. The number of ether oxygens (including phenoxy) is 1.